The largest absolute Gasteiger partial charge is 0.393 e. The number of rotatable bonds is 0. The van der Waals surface area contributed by atoms with Gasteiger partial charge in [-0.1, -0.05) is 20.3 Å². The third-order valence-electron chi connectivity index (χ3n) is 8.42. The van der Waals surface area contributed by atoms with Crippen LogP contribution in [0, 0.1) is 34.5 Å². The van der Waals surface area contributed by atoms with Gasteiger partial charge >= 0.3 is 0 Å². The molecule has 4 fully saturated rings. The van der Waals surface area contributed by atoms with Crippen molar-refractivity contribution in [2.24, 2.45) is 34.5 Å². The average Bonchev–Trinajstić information content (AvgIpc) is 2.81. The van der Waals surface area contributed by atoms with Crippen LogP contribution in [-0.4, -0.2) is 11.2 Å². The Hall–Kier alpha value is -0.0400. The molecular formula is C19H32O. The second-order valence-corrected chi connectivity index (χ2v) is 9.17. The molecule has 4 rings (SSSR count). The van der Waals surface area contributed by atoms with Crippen molar-refractivity contribution in [2.45, 2.75) is 84.2 Å². The maximum absolute atomic E-state index is 10.0. The molecule has 0 aromatic heterocycles. The molecule has 0 saturated heterocycles. The van der Waals surface area contributed by atoms with E-state index in [1.165, 1.54) is 51.4 Å². The smallest absolute Gasteiger partial charge is 0.0543 e. The molecule has 4 aliphatic rings. The molecule has 1 nitrogen and oxygen atoms in total. The van der Waals surface area contributed by atoms with Gasteiger partial charge in [-0.15, -0.1) is 0 Å². The standard InChI is InChI=1S/C19H32O/c1-18-9-3-4-16(18)15-6-5-13-12-14(20)7-11-19(13,2)17(15)8-10-18/h13-17,20H,3-12H2,1-2H3/t13-,14+,15-,16+,17+,18+,19-/m0/s1. The van der Waals surface area contributed by atoms with Gasteiger partial charge in [-0.25, -0.2) is 0 Å². The Morgan fingerprint density at radius 1 is 0.850 bits per heavy atom. The van der Waals surface area contributed by atoms with E-state index >= 15 is 0 Å². The molecule has 0 bridgehead atoms. The first-order valence-electron chi connectivity index (χ1n) is 9.21. The summed E-state index contributed by atoms with van der Waals surface area (Å²) in [5.74, 6) is 3.85. The zero-order valence-corrected chi connectivity index (χ0v) is 13.4. The lowest BCUT2D eigenvalue weighted by atomic mass is 9.45. The molecule has 114 valence electrons. The lowest BCUT2D eigenvalue weighted by Gasteiger charge is -2.60. The normalized spacial score (nSPS) is 58.6. The third kappa shape index (κ3) is 1.77. The zero-order valence-electron chi connectivity index (χ0n) is 13.4. The van der Waals surface area contributed by atoms with Crippen molar-refractivity contribution in [3.63, 3.8) is 0 Å². The molecule has 0 amide bonds. The molecule has 0 heterocycles. The summed E-state index contributed by atoms with van der Waals surface area (Å²) in [6.07, 6.45) is 13.8. The number of hydrogen-bond acceptors (Lipinski definition) is 1. The SMILES string of the molecule is C[C@]12CCC[C@@H]1[C@@H]1CC[C@H]3C[C@H](O)CC[C@]3(C)[C@@H]1CC2. The van der Waals surface area contributed by atoms with Gasteiger partial charge in [-0.2, -0.15) is 0 Å². The third-order valence-corrected chi connectivity index (χ3v) is 8.42. The minimum absolute atomic E-state index is 0.00459. The molecular weight excluding hydrogens is 244 g/mol. The van der Waals surface area contributed by atoms with Crippen LogP contribution in [0.3, 0.4) is 0 Å². The van der Waals surface area contributed by atoms with Crippen molar-refractivity contribution in [1.29, 1.82) is 0 Å². The average molecular weight is 276 g/mol. The molecule has 0 aromatic rings. The van der Waals surface area contributed by atoms with Crippen molar-refractivity contribution >= 4 is 0 Å². The summed E-state index contributed by atoms with van der Waals surface area (Å²) >= 11 is 0. The van der Waals surface area contributed by atoms with E-state index in [4.69, 9.17) is 0 Å². The topological polar surface area (TPSA) is 20.2 Å². The van der Waals surface area contributed by atoms with E-state index in [1.807, 2.05) is 0 Å². The van der Waals surface area contributed by atoms with Crippen molar-refractivity contribution < 1.29 is 5.11 Å². The number of hydrogen-bond donors (Lipinski definition) is 1. The molecule has 4 aliphatic carbocycles. The van der Waals surface area contributed by atoms with Gasteiger partial charge in [0, 0.05) is 0 Å². The molecule has 0 aromatic carbocycles. The Balaban J connectivity index is 1.62. The van der Waals surface area contributed by atoms with Crippen LogP contribution in [0.15, 0.2) is 0 Å². The molecule has 0 aliphatic heterocycles. The van der Waals surface area contributed by atoms with E-state index in [2.05, 4.69) is 13.8 Å². The number of aliphatic hydroxyl groups is 1. The molecule has 0 unspecified atom stereocenters. The zero-order chi connectivity index (χ0) is 14.0. The van der Waals surface area contributed by atoms with Crippen molar-refractivity contribution in [3.05, 3.63) is 0 Å². The van der Waals surface area contributed by atoms with E-state index in [0.717, 1.165) is 36.5 Å². The van der Waals surface area contributed by atoms with Crippen LogP contribution in [0.1, 0.15) is 78.1 Å². The molecule has 1 heteroatoms. The van der Waals surface area contributed by atoms with Crippen LogP contribution < -0.4 is 0 Å². The predicted molar refractivity (Wildman–Crippen MR) is 82.4 cm³/mol. The van der Waals surface area contributed by atoms with Gasteiger partial charge in [0.15, 0.2) is 0 Å². The molecule has 7 atom stereocenters. The highest BCUT2D eigenvalue weighted by Crippen LogP contribution is 2.66. The Labute approximate surface area is 124 Å². The predicted octanol–water partition coefficient (Wildman–Crippen LogP) is 4.78. The van der Waals surface area contributed by atoms with Gasteiger partial charge < -0.3 is 5.11 Å². The summed E-state index contributed by atoms with van der Waals surface area (Å²) in [7, 11) is 0. The van der Waals surface area contributed by atoms with E-state index < -0.39 is 0 Å². The molecule has 1 N–H and O–H groups in total. The number of aliphatic hydroxyl groups excluding tert-OH is 1. The van der Waals surface area contributed by atoms with Crippen molar-refractivity contribution in [2.75, 3.05) is 0 Å². The highest BCUT2D eigenvalue weighted by Gasteiger charge is 2.57. The van der Waals surface area contributed by atoms with Crippen LogP contribution in [0.25, 0.3) is 0 Å². The maximum Gasteiger partial charge on any atom is 0.0543 e. The second kappa shape index (κ2) is 4.48. The van der Waals surface area contributed by atoms with Crippen LogP contribution in [0.2, 0.25) is 0 Å². The van der Waals surface area contributed by atoms with Crippen molar-refractivity contribution in [1.82, 2.24) is 0 Å². The fraction of sp³-hybridized carbons (Fsp3) is 1.00. The quantitative estimate of drug-likeness (QED) is 0.675. The van der Waals surface area contributed by atoms with E-state index in [-0.39, 0.29) is 6.10 Å². The minimum atomic E-state index is 0.00459. The van der Waals surface area contributed by atoms with Gasteiger partial charge in [-0.05, 0) is 92.3 Å². The van der Waals surface area contributed by atoms with E-state index in [1.54, 1.807) is 0 Å². The van der Waals surface area contributed by atoms with Gasteiger partial charge in [0.05, 0.1) is 6.10 Å². The molecule has 4 saturated carbocycles. The Morgan fingerprint density at radius 3 is 2.55 bits per heavy atom. The highest BCUT2D eigenvalue weighted by molar-refractivity contribution is 5.07. The first kappa shape index (κ1) is 13.6. The Kier molecular flexibility index (Phi) is 3.05. The Bertz CT molecular complexity index is 391. The van der Waals surface area contributed by atoms with E-state index in [9.17, 15) is 5.11 Å². The van der Waals surface area contributed by atoms with Gasteiger partial charge in [0.25, 0.3) is 0 Å². The van der Waals surface area contributed by atoms with Crippen LogP contribution in [0.5, 0.6) is 0 Å². The summed E-state index contributed by atoms with van der Waals surface area (Å²) in [6, 6.07) is 0. The van der Waals surface area contributed by atoms with Crippen molar-refractivity contribution in [3.8, 4) is 0 Å². The van der Waals surface area contributed by atoms with Gasteiger partial charge in [-0.3, -0.25) is 0 Å². The minimum Gasteiger partial charge on any atom is -0.393 e. The first-order valence-corrected chi connectivity index (χ1v) is 9.21. The first-order chi connectivity index (χ1) is 9.53. The summed E-state index contributed by atoms with van der Waals surface area (Å²) < 4.78 is 0. The Morgan fingerprint density at radius 2 is 1.70 bits per heavy atom. The van der Waals surface area contributed by atoms with Crippen LogP contribution in [-0.2, 0) is 0 Å². The highest BCUT2D eigenvalue weighted by atomic mass is 16.3. The van der Waals surface area contributed by atoms with Crippen LogP contribution in [0.4, 0.5) is 0 Å². The fourth-order valence-electron chi connectivity index (χ4n) is 7.23. The maximum atomic E-state index is 10.0. The summed E-state index contributed by atoms with van der Waals surface area (Å²) in [4.78, 5) is 0. The van der Waals surface area contributed by atoms with Crippen LogP contribution >= 0.6 is 0 Å². The van der Waals surface area contributed by atoms with Gasteiger partial charge in [0.1, 0.15) is 0 Å². The fourth-order valence-corrected chi connectivity index (χ4v) is 7.23. The van der Waals surface area contributed by atoms with E-state index in [0.29, 0.717) is 10.8 Å². The monoisotopic (exact) mass is 276 g/mol. The number of fused-ring (bicyclic) bond motifs is 5. The summed E-state index contributed by atoms with van der Waals surface area (Å²) in [5, 5.41) is 10.0. The lowest BCUT2D eigenvalue weighted by Crippen LogP contribution is -2.53. The van der Waals surface area contributed by atoms with Gasteiger partial charge in [0.2, 0.25) is 0 Å². The summed E-state index contributed by atoms with van der Waals surface area (Å²) in [5.41, 5.74) is 1.25. The summed E-state index contributed by atoms with van der Waals surface area (Å²) in [6.45, 7) is 5.19. The molecule has 20 heavy (non-hydrogen) atoms. The lowest BCUT2D eigenvalue weighted by molar-refractivity contribution is -0.120. The second-order valence-electron chi connectivity index (χ2n) is 9.17. The molecule has 0 spiro atoms. The molecule has 0 radical (unpaired) electrons.